The zero-order chi connectivity index (χ0) is 21.3. The number of carbonyl (C=O) groups excluding carboxylic acids is 2. The molecule has 158 valence electrons. The fraction of sp³-hybridized carbons (Fsp3) is 0.364. The summed E-state index contributed by atoms with van der Waals surface area (Å²) in [6, 6.07) is 8.59. The number of fused-ring (bicyclic) bond motifs is 2. The van der Waals surface area contributed by atoms with E-state index in [-0.39, 0.29) is 42.5 Å². The number of nitrogen functional groups attached to an aromatic ring is 1. The van der Waals surface area contributed by atoms with Gasteiger partial charge in [0.25, 0.3) is 0 Å². The number of aliphatic hydroxyl groups excluding tert-OH is 2. The van der Waals surface area contributed by atoms with Crippen molar-refractivity contribution in [2.75, 3.05) is 68.4 Å². The van der Waals surface area contributed by atoms with Crippen LogP contribution in [0.1, 0.15) is 31.8 Å². The van der Waals surface area contributed by atoms with E-state index in [9.17, 15) is 14.7 Å². The number of carbonyl (C=O) groups is 2. The third-order valence-electron chi connectivity index (χ3n) is 5.77. The lowest BCUT2D eigenvalue weighted by Crippen LogP contribution is -2.47. The summed E-state index contributed by atoms with van der Waals surface area (Å²) in [5.41, 5.74) is 9.24. The van der Waals surface area contributed by atoms with Gasteiger partial charge in [-0.05, 0) is 6.07 Å². The third-order valence-corrected chi connectivity index (χ3v) is 5.77. The molecule has 2 aromatic carbocycles. The van der Waals surface area contributed by atoms with Gasteiger partial charge in [0.2, 0.25) is 0 Å². The first-order valence-corrected chi connectivity index (χ1v) is 10.1. The van der Waals surface area contributed by atoms with Crippen LogP contribution < -0.4 is 16.0 Å². The number of aliphatic hydroxyl groups is 2. The minimum Gasteiger partial charge on any atom is -0.396 e. The zero-order valence-corrected chi connectivity index (χ0v) is 16.7. The van der Waals surface area contributed by atoms with E-state index in [4.69, 9.17) is 10.8 Å². The lowest BCUT2D eigenvalue weighted by Gasteiger charge is -2.37. The first-order valence-electron chi connectivity index (χ1n) is 10.1. The van der Waals surface area contributed by atoms with Crippen LogP contribution in [-0.4, -0.2) is 79.2 Å². The van der Waals surface area contributed by atoms with E-state index < -0.39 is 0 Å². The molecule has 4 rings (SSSR count). The van der Waals surface area contributed by atoms with Gasteiger partial charge in [-0.2, -0.15) is 0 Å². The van der Waals surface area contributed by atoms with Crippen molar-refractivity contribution in [2.24, 2.45) is 0 Å². The van der Waals surface area contributed by atoms with E-state index in [1.165, 1.54) is 0 Å². The molecule has 1 aliphatic carbocycles. The summed E-state index contributed by atoms with van der Waals surface area (Å²) < 4.78 is 0. The molecule has 1 aliphatic heterocycles. The second-order valence-electron chi connectivity index (χ2n) is 7.51. The lowest BCUT2D eigenvalue weighted by atomic mass is 9.81. The highest BCUT2D eigenvalue weighted by molar-refractivity contribution is 6.32. The summed E-state index contributed by atoms with van der Waals surface area (Å²) in [5, 5.41) is 21.5. The van der Waals surface area contributed by atoms with Gasteiger partial charge in [0.15, 0.2) is 11.6 Å². The van der Waals surface area contributed by atoms with E-state index >= 15 is 0 Å². The number of nitrogens with two attached hydrogens (primary N) is 1. The smallest absolute Gasteiger partial charge is 0.196 e. The largest absolute Gasteiger partial charge is 0.396 e. The van der Waals surface area contributed by atoms with Crippen LogP contribution in [-0.2, 0) is 0 Å². The van der Waals surface area contributed by atoms with E-state index in [1.54, 1.807) is 24.3 Å². The molecule has 0 spiro atoms. The van der Waals surface area contributed by atoms with Crippen LogP contribution in [0.5, 0.6) is 0 Å². The standard InChI is InChI=1S/C22H26N4O4/c23-20-17(26-8-6-25(7-9-26)10-12-28)13-16(24-5-11-27)18-19(20)22(30)15-4-2-1-3-14(15)21(18)29/h1-4,13,24,27-28H,5-12,23H2. The molecular weight excluding hydrogens is 384 g/mol. The lowest BCUT2D eigenvalue weighted by molar-refractivity contribution is 0.0980. The maximum Gasteiger partial charge on any atom is 0.196 e. The summed E-state index contributed by atoms with van der Waals surface area (Å²) in [4.78, 5) is 30.8. The summed E-state index contributed by atoms with van der Waals surface area (Å²) in [6.45, 7) is 3.82. The van der Waals surface area contributed by atoms with Gasteiger partial charge in [0.05, 0.1) is 35.7 Å². The fourth-order valence-corrected chi connectivity index (χ4v) is 4.25. The molecule has 8 heteroatoms. The minimum atomic E-state index is -0.259. The number of benzene rings is 2. The maximum absolute atomic E-state index is 13.3. The number of ketones is 2. The van der Waals surface area contributed by atoms with Crippen LogP contribution >= 0.6 is 0 Å². The molecule has 0 atom stereocenters. The molecule has 2 aromatic rings. The van der Waals surface area contributed by atoms with Crippen molar-refractivity contribution < 1.29 is 19.8 Å². The second kappa shape index (κ2) is 8.43. The van der Waals surface area contributed by atoms with Gasteiger partial charge < -0.3 is 26.2 Å². The molecule has 1 saturated heterocycles. The monoisotopic (exact) mass is 410 g/mol. The highest BCUT2D eigenvalue weighted by Gasteiger charge is 2.35. The van der Waals surface area contributed by atoms with Crippen molar-refractivity contribution in [3.05, 3.63) is 52.6 Å². The summed E-state index contributed by atoms with van der Waals surface area (Å²) in [6.07, 6.45) is 0. The van der Waals surface area contributed by atoms with Crippen molar-refractivity contribution in [3.63, 3.8) is 0 Å². The molecule has 0 aromatic heterocycles. The van der Waals surface area contributed by atoms with Gasteiger partial charge in [-0.3, -0.25) is 14.5 Å². The van der Waals surface area contributed by atoms with Gasteiger partial charge in [-0.25, -0.2) is 0 Å². The van der Waals surface area contributed by atoms with E-state index in [1.807, 2.05) is 6.07 Å². The highest BCUT2D eigenvalue weighted by Crippen LogP contribution is 2.41. The maximum atomic E-state index is 13.3. The number of piperazine rings is 1. The van der Waals surface area contributed by atoms with E-state index in [0.29, 0.717) is 47.8 Å². The zero-order valence-electron chi connectivity index (χ0n) is 16.7. The summed E-state index contributed by atoms with van der Waals surface area (Å²) in [7, 11) is 0. The Morgan fingerprint density at radius 1 is 0.933 bits per heavy atom. The topological polar surface area (TPSA) is 119 Å². The minimum absolute atomic E-state index is 0.104. The molecule has 0 amide bonds. The Kier molecular flexibility index (Phi) is 5.72. The molecule has 0 unspecified atom stereocenters. The second-order valence-corrected chi connectivity index (χ2v) is 7.51. The Bertz CT molecular complexity index is 983. The Balaban J connectivity index is 1.79. The molecule has 8 nitrogen and oxygen atoms in total. The first-order chi connectivity index (χ1) is 14.6. The Hall–Kier alpha value is -2.94. The normalized spacial score (nSPS) is 16.4. The molecule has 1 fully saturated rings. The Morgan fingerprint density at radius 2 is 1.57 bits per heavy atom. The average Bonchev–Trinajstić information content (AvgIpc) is 2.77. The molecule has 2 aliphatic rings. The van der Waals surface area contributed by atoms with Crippen molar-refractivity contribution >= 4 is 28.6 Å². The van der Waals surface area contributed by atoms with Crippen LogP contribution in [0.3, 0.4) is 0 Å². The van der Waals surface area contributed by atoms with Gasteiger partial charge in [-0.1, -0.05) is 24.3 Å². The number of anilines is 3. The fourth-order valence-electron chi connectivity index (χ4n) is 4.25. The Morgan fingerprint density at radius 3 is 2.17 bits per heavy atom. The number of β-amino-alcohol motifs (C(OH)–C–C–N with tert-alkyl or cyclic N) is 1. The van der Waals surface area contributed by atoms with Crippen molar-refractivity contribution in [1.29, 1.82) is 0 Å². The van der Waals surface area contributed by atoms with Crippen LogP contribution in [0.4, 0.5) is 17.1 Å². The van der Waals surface area contributed by atoms with Crippen LogP contribution in [0.2, 0.25) is 0 Å². The predicted octanol–water partition coefficient (Wildman–Crippen LogP) is 0.563. The van der Waals surface area contributed by atoms with Crippen LogP contribution in [0.25, 0.3) is 0 Å². The quantitative estimate of drug-likeness (QED) is 0.436. The van der Waals surface area contributed by atoms with Gasteiger partial charge in [-0.15, -0.1) is 0 Å². The summed E-state index contributed by atoms with van der Waals surface area (Å²) >= 11 is 0. The summed E-state index contributed by atoms with van der Waals surface area (Å²) in [5.74, 6) is -0.503. The SMILES string of the molecule is Nc1c(N2CCN(CCO)CC2)cc(NCCO)c2c1C(=O)c1ccccc1C2=O. The molecule has 0 saturated carbocycles. The van der Waals surface area contributed by atoms with Crippen LogP contribution in [0.15, 0.2) is 30.3 Å². The first kappa shape index (κ1) is 20.3. The third kappa shape index (κ3) is 3.43. The van der Waals surface area contributed by atoms with Crippen molar-refractivity contribution in [2.45, 2.75) is 0 Å². The van der Waals surface area contributed by atoms with Gasteiger partial charge in [0.1, 0.15) is 0 Å². The molecule has 0 radical (unpaired) electrons. The van der Waals surface area contributed by atoms with Crippen molar-refractivity contribution in [1.82, 2.24) is 4.90 Å². The average molecular weight is 410 g/mol. The number of hydrogen-bond donors (Lipinski definition) is 4. The van der Waals surface area contributed by atoms with E-state index in [0.717, 1.165) is 13.1 Å². The Labute approximate surface area is 174 Å². The molecular formula is C22H26N4O4. The number of rotatable bonds is 6. The number of nitrogens with zero attached hydrogens (tertiary/aromatic N) is 2. The predicted molar refractivity (Wildman–Crippen MR) is 115 cm³/mol. The van der Waals surface area contributed by atoms with Crippen molar-refractivity contribution in [3.8, 4) is 0 Å². The molecule has 5 N–H and O–H groups in total. The van der Waals surface area contributed by atoms with E-state index in [2.05, 4.69) is 15.1 Å². The van der Waals surface area contributed by atoms with Gasteiger partial charge >= 0.3 is 0 Å². The molecule has 0 bridgehead atoms. The number of hydrogen-bond acceptors (Lipinski definition) is 8. The number of nitrogens with one attached hydrogen (secondary N) is 1. The van der Waals surface area contributed by atoms with Crippen LogP contribution in [0, 0.1) is 0 Å². The molecule has 30 heavy (non-hydrogen) atoms. The molecule has 1 heterocycles. The highest BCUT2D eigenvalue weighted by atomic mass is 16.3. The van der Waals surface area contributed by atoms with Gasteiger partial charge in [0, 0.05) is 56.1 Å².